The summed E-state index contributed by atoms with van der Waals surface area (Å²) in [6, 6.07) is 0.563. The molecule has 0 atom stereocenters. The lowest BCUT2D eigenvalue weighted by Crippen LogP contribution is -2.49. The smallest absolute Gasteiger partial charge is 0.356 e. The van der Waals surface area contributed by atoms with Crippen molar-refractivity contribution in [1.82, 2.24) is 14.9 Å². The minimum Gasteiger partial charge on any atom is -0.476 e. The van der Waals surface area contributed by atoms with Crippen LogP contribution < -0.4 is 4.90 Å². The molecule has 0 unspecified atom stereocenters. The Morgan fingerprint density at radius 3 is 2.33 bits per heavy atom. The quantitative estimate of drug-likeness (QED) is 0.852. The van der Waals surface area contributed by atoms with Crippen molar-refractivity contribution in [2.75, 3.05) is 31.1 Å². The van der Waals surface area contributed by atoms with Crippen LogP contribution in [0.4, 0.5) is 5.82 Å². The highest BCUT2D eigenvalue weighted by Gasteiger charge is 2.20. The fourth-order valence-corrected chi connectivity index (χ4v) is 2.06. The van der Waals surface area contributed by atoms with Gasteiger partial charge in [-0.05, 0) is 13.8 Å². The number of hydrogen-bond donors (Lipinski definition) is 1. The maximum atomic E-state index is 10.7. The molecular formula is C12H18N4O2. The van der Waals surface area contributed by atoms with Crippen molar-refractivity contribution in [3.63, 3.8) is 0 Å². The summed E-state index contributed by atoms with van der Waals surface area (Å²) in [7, 11) is 0. The molecule has 98 valence electrons. The van der Waals surface area contributed by atoms with Crippen molar-refractivity contribution in [3.05, 3.63) is 18.1 Å². The van der Waals surface area contributed by atoms with Crippen LogP contribution in [0.1, 0.15) is 24.3 Å². The van der Waals surface area contributed by atoms with Gasteiger partial charge in [0, 0.05) is 32.2 Å². The van der Waals surface area contributed by atoms with Gasteiger partial charge in [-0.1, -0.05) is 0 Å². The number of carboxylic acids is 1. The van der Waals surface area contributed by atoms with E-state index in [4.69, 9.17) is 5.11 Å². The Kier molecular flexibility index (Phi) is 3.76. The van der Waals surface area contributed by atoms with Gasteiger partial charge in [0.2, 0.25) is 0 Å². The number of carbonyl (C=O) groups is 1. The molecule has 6 heteroatoms. The molecule has 0 radical (unpaired) electrons. The van der Waals surface area contributed by atoms with Crippen molar-refractivity contribution in [2.45, 2.75) is 19.9 Å². The number of carboxylic acid groups (broad SMARTS) is 1. The second kappa shape index (κ2) is 5.30. The zero-order valence-electron chi connectivity index (χ0n) is 10.7. The summed E-state index contributed by atoms with van der Waals surface area (Å²) in [5, 5.41) is 8.76. The highest BCUT2D eigenvalue weighted by atomic mass is 16.4. The normalized spacial score (nSPS) is 17.2. The number of aromatic carboxylic acids is 1. The molecule has 1 aliphatic rings. The Hall–Kier alpha value is -1.69. The van der Waals surface area contributed by atoms with Crippen molar-refractivity contribution < 1.29 is 9.90 Å². The van der Waals surface area contributed by atoms with Crippen LogP contribution >= 0.6 is 0 Å². The Balaban J connectivity index is 1.99. The molecule has 0 amide bonds. The fraction of sp³-hybridized carbons (Fsp3) is 0.583. The molecular weight excluding hydrogens is 232 g/mol. The number of piperazine rings is 1. The van der Waals surface area contributed by atoms with Gasteiger partial charge in [-0.3, -0.25) is 4.90 Å². The maximum absolute atomic E-state index is 10.7. The van der Waals surface area contributed by atoms with Crippen LogP contribution in [0.2, 0.25) is 0 Å². The van der Waals surface area contributed by atoms with E-state index in [1.54, 1.807) is 0 Å². The van der Waals surface area contributed by atoms with E-state index in [-0.39, 0.29) is 5.69 Å². The molecule has 0 aliphatic carbocycles. The van der Waals surface area contributed by atoms with Gasteiger partial charge < -0.3 is 10.0 Å². The molecule has 1 N–H and O–H groups in total. The molecule has 0 bridgehead atoms. The fourth-order valence-electron chi connectivity index (χ4n) is 2.06. The van der Waals surface area contributed by atoms with Gasteiger partial charge >= 0.3 is 5.97 Å². The van der Waals surface area contributed by atoms with Crippen LogP contribution in [0.5, 0.6) is 0 Å². The van der Waals surface area contributed by atoms with Gasteiger partial charge in [0.05, 0.1) is 12.4 Å². The van der Waals surface area contributed by atoms with Crippen molar-refractivity contribution >= 4 is 11.8 Å². The zero-order chi connectivity index (χ0) is 13.1. The molecule has 2 heterocycles. The predicted octanol–water partition coefficient (Wildman–Crippen LogP) is 0.705. The number of aromatic nitrogens is 2. The highest BCUT2D eigenvalue weighted by molar-refractivity contribution is 5.84. The summed E-state index contributed by atoms with van der Waals surface area (Å²) in [6.45, 7) is 8.19. The monoisotopic (exact) mass is 250 g/mol. The van der Waals surface area contributed by atoms with E-state index in [9.17, 15) is 4.79 Å². The van der Waals surface area contributed by atoms with Gasteiger partial charge in [0.1, 0.15) is 5.82 Å². The Morgan fingerprint density at radius 1 is 1.22 bits per heavy atom. The van der Waals surface area contributed by atoms with E-state index in [0.717, 1.165) is 32.0 Å². The second-order valence-corrected chi connectivity index (χ2v) is 4.68. The van der Waals surface area contributed by atoms with Gasteiger partial charge in [0.25, 0.3) is 0 Å². The number of anilines is 1. The van der Waals surface area contributed by atoms with E-state index >= 15 is 0 Å². The summed E-state index contributed by atoms with van der Waals surface area (Å²) < 4.78 is 0. The molecule has 18 heavy (non-hydrogen) atoms. The molecule has 0 spiro atoms. The van der Waals surface area contributed by atoms with Crippen molar-refractivity contribution in [3.8, 4) is 0 Å². The Labute approximate surface area is 106 Å². The zero-order valence-corrected chi connectivity index (χ0v) is 10.7. The van der Waals surface area contributed by atoms with Crippen LogP contribution in [0.25, 0.3) is 0 Å². The summed E-state index contributed by atoms with van der Waals surface area (Å²) in [4.78, 5) is 23.3. The lowest BCUT2D eigenvalue weighted by molar-refractivity contribution is 0.0690. The third kappa shape index (κ3) is 2.76. The molecule has 1 aromatic heterocycles. The molecule has 0 aromatic carbocycles. The van der Waals surface area contributed by atoms with Crippen LogP contribution in [0.15, 0.2) is 12.4 Å². The van der Waals surface area contributed by atoms with Crippen LogP contribution in [0.3, 0.4) is 0 Å². The molecule has 1 aromatic rings. The van der Waals surface area contributed by atoms with Crippen LogP contribution in [0, 0.1) is 0 Å². The Bertz CT molecular complexity index is 411. The number of nitrogens with zero attached hydrogens (tertiary/aromatic N) is 4. The SMILES string of the molecule is CC(C)N1CCN(c2cnc(C(=O)O)cn2)CC1. The van der Waals surface area contributed by atoms with E-state index < -0.39 is 5.97 Å². The second-order valence-electron chi connectivity index (χ2n) is 4.68. The van der Waals surface area contributed by atoms with Crippen molar-refractivity contribution in [1.29, 1.82) is 0 Å². The summed E-state index contributed by atoms with van der Waals surface area (Å²) in [5.74, 6) is -0.290. The third-order valence-electron chi connectivity index (χ3n) is 3.23. The molecule has 2 rings (SSSR count). The van der Waals surface area contributed by atoms with Gasteiger partial charge in [-0.25, -0.2) is 14.8 Å². The highest BCUT2D eigenvalue weighted by Crippen LogP contribution is 2.13. The summed E-state index contributed by atoms with van der Waals surface area (Å²) in [5.41, 5.74) is -0.0143. The molecule has 6 nitrogen and oxygen atoms in total. The van der Waals surface area contributed by atoms with E-state index in [0.29, 0.717) is 6.04 Å². The van der Waals surface area contributed by atoms with E-state index in [2.05, 4.69) is 33.6 Å². The lowest BCUT2D eigenvalue weighted by Gasteiger charge is -2.37. The van der Waals surface area contributed by atoms with Crippen LogP contribution in [-0.2, 0) is 0 Å². The average molecular weight is 250 g/mol. The first-order valence-electron chi connectivity index (χ1n) is 6.12. The molecule has 1 aliphatic heterocycles. The first-order chi connectivity index (χ1) is 8.58. The molecule has 1 saturated heterocycles. The van der Waals surface area contributed by atoms with E-state index in [1.807, 2.05) is 0 Å². The lowest BCUT2D eigenvalue weighted by atomic mass is 10.2. The third-order valence-corrected chi connectivity index (χ3v) is 3.23. The van der Waals surface area contributed by atoms with Gasteiger partial charge in [-0.15, -0.1) is 0 Å². The van der Waals surface area contributed by atoms with Gasteiger partial charge in [0.15, 0.2) is 5.69 Å². The first kappa shape index (κ1) is 12.8. The average Bonchev–Trinajstić information content (AvgIpc) is 2.39. The van der Waals surface area contributed by atoms with Crippen LogP contribution in [-0.4, -0.2) is 58.2 Å². The maximum Gasteiger partial charge on any atom is 0.356 e. The molecule has 0 saturated carbocycles. The molecule has 1 fully saturated rings. The standard InChI is InChI=1S/C12H18N4O2/c1-9(2)15-3-5-16(6-4-15)11-8-13-10(7-14-11)12(17)18/h7-9H,3-6H2,1-2H3,(H,17,18). The largest absolute Gasteiger partial charge is 0.476 e. The van der Waals surface area contributed by atoms with E-state index in [1.165, 1.54) is 12.4 Å². The summed E-state index contributed by atoms with van der Waals surface area (Å²) >= 11 is 0. The topological polar surface area (TPSA) is 69.6 Å². The van der Waals surface area contributed by atoms with Gasteiger partial charge in [-0.2, -0.15) is 0 Å². The predicted molar refractivity (Wildman–Crippen MR) is 67.9 cm³/mol. The Morgan fingerprint density at radius 2 is 1.89 bits per heavy atom. The summed E-state index contributed by atoms with van der Waals surface area (Å²) in [6.07, 6.45) is 2.85. The first-order valence-corrected chi connectivity index (χ1v) is 6.12. The minimum atomic E-state index is -1.04. The minimum absolute atomic E-state index is 0.0143. The number of hydrogen-bond acceptors (Lipinski definition) is 5. The van der Waals surface area contributed by atoms with Crippen molar-refractivity contribution in [2.24, 2.45) is 0 Å². The number of rotatable bonds is 3.